The van der Waals surface area contributed by atoms with Crippen LogP contribution in [0, 0.1) is 11.8 Å². The number of aromatic nitrogens is 1. The molecule has 2 aromatic rings. The zero-order valence-electron chi connectivity index (χ0n) is 11.5. The number of hydrogen-bond acceptors (Lipinski definition) is 3. The Hall–Kier alpha value is -2.10. The van der Waals surface area contributed by atoms with Crippen LogP contribution in [0.5, 0.6) is 0 Å². The van der Waals surface area contributed by atoms with Crippen molar-refractivity contribution in [1.82, 2.24) is 4.98 Å². The van der Waals surface area contributed by atoms with Crippen molar-refractivity contribution in [3.8, 4) is 0 Å². The van der Waals surface area contributed by atoms with E-state index in [1.165, 1.54) is 12.8 Å². The Bertz CT molecular complexity index is 650. The van der Waals surface area contributed by atoms with Gasteiger partial charge >= 0.3 is 5.97 Å². The molecule has 1 saturated carbocycles. The molecule has 3 rings (SSSR count). The van der Waals surface area contributed by atoms with Gasteiger partial charge in [0.25, 0.3) is 0 Å². The molecule has 1 aliphatic rings. The van der Waals surface area contributed by atoms with E-state index in [1.54, 1.807) is 12.1 Å². The first-order chi connectivity index (χ1) is 9.65. The Morgan fingerprint density at radius 1 is 1.40 bits per heavy atom. The van der Waals surface area contributed by atoms with Gasteiger partial charge in [-0.2, -0.15) is 0 Å². The predicted molar refractivity (Wildman–Crippen MR) is 79.1 cm³/mol. The molecule has 1 aromatic heterocycles. The summed E-state index contributed by atoms with van der Waals surface area (Å²) in [6, 6.07) is 8.87. The van der Waals surface area contributed by atoms with Gasteiger partial charge in [-0.25, -0.2) is 9.78 Å². The fourth-order valence-electron chi connectivity index (χ4n) is 2.54. The summed E-state index contributed by atoms with van der Waals surface area (Å²) in [5.74, 6) is 1.42. The van der Waals surface area contributed by atoms with E-state index in [9.17, 15) is 4.79 Å². The summed E-state index contributed by atoms with van der Waals surface area (Å²) in [6.45, 7) is 3.18. The quantitative estimate of drug-likeness (QED) is 0.874. The Morgan fingerprint density at radius 2 is 2.20 bits per heavy atom. The smallest absolute Gasteiger partial charge is 0.336 e. The third kappa shape index (κ3) is 2.59. The summed E-state index contributed by atoms with van der Waals surface area (Å²) in [7, 11) is 0. The molecule has 0 spiro atoms. The summed E-state index contributed by atoms with van der Waals surface area (Å²) >= 11 is 0. The number of nitrogens with zero attached hydrogens (tertiary/aromatic N) is 1. The zero-order chi connectivity index (χ0) is 14.1. The molecular weight excluding hydrogens is 252 g/mol. The van der Waals surface area contributed by atoms with E-state index in [0.717, 1.165) is 18.3 Å². The van der Waals surface area contributed by atoms with Crippen molar-refractivity contribution in [1.29, 1.82) is 0 Å². The van der Waals surface area contributed by atoms with Gasteiger partial charge in [-0.1, -0.05) is 13.0 Å². The molecular formula is C16H18N2O2. The molecule has 0 saturated heterocycles. The number of nitrogens with one attached hydrogen (secondary N) is 1. The first kappa shape index (κ1) is 12.9. The van der Waals surface area contributed by atoms with E-state index < -0.39 is 5.97 Å². The first-order valence-corrected chi connectivity index (χ1v) is 7.02. The minimum Gasteiger partial charge on any atom is -0.478 e. The van der Waals surface area contributed by atoms with E-state index in [4.69, 9.17) is 5.11 Å². The fourth-order valence-corrected chi connectivity index (χ4v) is 2.54. The summed E-state index contributed by atoms with van der Waals surface area (Å²) in [5, 5.41) is 13.2. The van der Waals surface area contributed by atoms with Gasteiger partial charge in [0.05, 0.1) is 11.1 Å². The van der Waals surface area contributed by atoms with Gasteiger partial charge in [-0.15, -0.1) is 0 Å². The molecule has 0 aliphatic heterocycles. The highest BCUT2D eigenvalue weighted by Gasteiger charge is 2.27. The van der Waals surface area contributed by atoms with Crippen molar-refractivity contribution in [3.05, 3.63) is 35.9 Å². The summed E-state index contributed by atoms with van der Waals surface area (Å²) in [5.41, 5.74) is 1.02. The Balaban J connectivity index is 1.81. The van der Waals surface area contributed by atoms with Gasteiger partial charge in [0.1, 0.15) is 5.82 Å². The van der Waals surface area contributed by atoms with Crippen LogP contribution >= 0.6 is 0 Å². The molecule has 0 bridgehead atoms. The lowest BCUT2D eigenvalue weighted by atomic mass is 10.1. The number of fused-ring (bicyclic) bond motifs is 1. The number of aromatic carboxylic acids is 1. The molecule has 2 N–H and O–H groups in total. The Kier molecular flexibility index (Phi) is 3.30. The minimum atomic E-state index is -0.916. The molecule has 1 atom stereocenters. The Morgan fingerprint density at radius 3 is 2.90 bits per heavy atom. The van der Waals surface area contributed by atoms with Crippen molar-refractivity contribution in [2.75, 3.05) is 11.9 Å². The number of pyridine rings is 1. The van der Waals surface area contributed by atoms with Crippen LogP contribution in [0.4, 0.5) is 5.82 Å². The van der Waals surface area contributed by atoms with Crippen LogP contribution in [0.3, 0.4) is 0 Å². The summed E-state index contributed by atoms with van der Waals surface area (Å²) in [6.07, 6.45) is 2.69. The largest absolute Gasteiger partial charge is 0.478 e. The maximum atomic E-state index is 11.2. The van der Waals surface area contributed by atoms with Gasteiger partial charge in [0.15, 0.2) is 0 Å². The highest BCUT2D eigenvalue weighted by molar-refractivity contribution is 6.02. The average Bonchev–Trinajstić information content (AvgIpc) is 3.28. The molecule has 0 amide bonds. The highest BCUT2D eigenvalue weighted by atomic mass is 16.4. The van der Waals surface area contributed by atoms with Crippen LogP contribution in [0.15, 0.2) is 30.3 Å². The topological polar surface area (TPSA) is 62.2 Å². The van der Waals surface area contributed by atoms with Gasteiger partial charge in [0, 0.05) is 11.9 Å². The second kappa shape index (κ2) is 5.12. The molecule has 104 valence electrons. The van der Waals surface area contributed by atoms with Crippen molar-refractivity contribution in [3.63, 3.8) is 0 Å². The Labute approximate surface area is 117 Å². The SMILES string of the molecule is CC(CNc1ccc2c(C(=O)O)cccc2n1)C1CC1. The number of carboxylic acids is 1. The standard InChI is InChI=1S/C16H18N2O2/c1-10(11-5-6-11)9-17-15-8-7-12-13(16(19)20)3-2-4-14(12)18-15/h2-4,7-8,10-11H,5-6,9H2,1H3,(H,17,18)(H,19,20). The molecule has 4 nitrogen and oxygen atoms in total. The van der Waals surface area contributed by atoms with E-state index in [1.807, 2.05) is 18.2 Å². The monoisotopic (exact) mass is 270 g/mol. The number of carbonyl (C=O) groups is 1. The van der Waals surface area contributed by atoms with Gasteiger partial charge in [-0.05, 0) is 48.9 Å². The first-order valence-electron chi connectivity index (χ1n) is 7.02. The second-order valence-electron chi connectivity index (χ2n) is 5.57. The van der Waals surface area contributed by atoms with Crippen LogP contribution in [-0.4, -0.2) is 22.6 Å². The van der Waals surface area contributed by atoms with Crippen LogP contribution in [0.25, 0.3) is 10.9 Å². The number of rotatable bonds is 5. The number of anilines is 1. The van der Waals surface area contributed by atoms with E-state index in [-0.39, 0.29) is 0 Å². The van der Waals surface area contributed by atoms with Crippen molar-refractivity contribution in [2.45, 2.75) is 19.8 Å². The molecule has 4 heteroatoms. The molecule has 1 aromatic carbocycles. The number of benzene rings is 1. The molecule has 1 fully saturated rings. The van der Waals surface area contributed by atoms with Crippen LogP contribution in [-0.2, 0) is 0 Å². The predicted octanol–water partition coefficient (Wildman–Crippen LogP) is 3.39. The van der Waals surface area contributed by atoms with Crippen molar-refractivity contribution >= 4 is 22.7 Å². The summed E-state index contributed by atoms with van der Waals surface area (Å²) < 4.78 is 0. The van der Waals surface area contributed by atoms with E-state index in [0.29, 0.717) is 22.4 Å². The molecule has 1 unspecified atom stereocenters. The maximum absolute atomic E-state index is 11.2. The third-order valence-electron chi connectivity index (χ3n) is 3.99. The van der Waals surface area contributed by atoms with Gasteiger partial charge < -0.3 is 10.4 Å². The van der Waals surface area contributed by atoms with E-state index >= 15 is 0 Å². The average molecular weight is 270 g/mol. The van der Waals surface area contributed by atoms with Crippen LogP contribution in [0.2, 0.25) is 0 Å². The van der Waals surface area contributed by atoms with Gasteiger partial charge in [0.2, 0.25) is 0 Å². The normalized spacial score (nSPS) is 16.1. The number of hydrogen-bond donors (Lipinski definition) is 2. The second-order valence-corrected chi connectivity index (χ2v) is 5.57. The van der Waals surface area contributed by atoms with Crippen molar-refractivity contribution < 1.29 is 9.90 Å². The lowest BCUT2D eigenvalue weighted by Gasteiger charge is -2.12. The highest BCUT2D eigenvalue weighted by Crippen LogP contribution is 2.36. The summed E-state index contributed by atoms with van der Waals surface area (Å²) in [4.78, 5) is 15.6. The maximum Gasteiger partial charge on any atom is 0.336 e. The number of carboxylic acid groups (broad SMARTS) is 1. The van der Waals surface area contributed by atoms with Crippen molar-refractivity contribution in [2.24, 2.45) is 11.8 Å². The lowest BCUT2D eigenvalue weighted by molar-refractivity contribution is 0.0699. The molecule has 1 aliphatic carbocycles. The zero-order valence-corrected chi connectivity index (χ0v) is 11.5. The van der Waals surface area contributed by atoms with E-state index in [2.05, 4.69) is 17.2 Å². The molecule has 20 heavy (non-hydrogen) atoms. The third-order valence-corrected chi connectivity index (χ3v) is 3.99. The fraction of sp³-hybridized carbons (Fsp3) is 0.375. The molecule has 1 heterocycles. The lowest BCUT2D eigenvalue weighted by Crippen LogP contribution is -2.13. The van der Waals surface area contributed by atoms with Crippen LogP contribution in [0.1, 0.15) is 30.1 Å². The van der Waals surface area contributed by atoms with Gasteiger partial charge in [-0.3, -0.25) is 0 Å². The minimum absolute atomic E-state index is 0.299. The van der Waals surface area contributed by atoms with Crippen LogP contribution < -0.4 is 5.32 Å². The molecule has 0 radical (unpaired) electrons.